The SMILES string of the molecule is CC1CC=N[C]N1C. The van der Waals surface area contributed by atoms with Crippen molar-refractivity contribution in [3.8, 4) is 0 Å². The fourth-order valence-electron chi connectivity index (χ4n) is 0.594. The third-order valence-electron chi connectivity index (χ3n) is 1.41. The van der Waals surface area contributed by atoms with Crippen LogP contribution in [0.2, 0.25) is 0 Å². The summed E-state index contributed by atoms with van der Waals surface area (Å²) in [6, 6.07) is 0.576. The standard InChI is InChI=1S/C6H10N2/c1-6-3-4-7-5-8(6)2/h4,6H,3H2,1-2H3. The molecular formula is C6H10N2. The van der Waals surface area contributed by atoms with Gasteiger partial charge in [-0.05, 0) is 20.4 Å². The zero-order valence-electron chi connectivity index (χ0n) is 5.26. The summed E-state index contributed by atoms with van der Waals surface area (Å²) in [4.78, 5) is 5.85. The lowest BCUT2D eigenvalue weighted by atomic mass is 10.2. The summed E-state index contributed by atoms with van der Waals surface area (Å²) in [7, 11) is 1.99. The Hall–Kier alpha value is -0.370. The Morgan fingerprint density at radius 3 is 3.00 bits per heavy atom. The molecule has 0 N–H and O–H groups in total. The second-order valence-electron chi connectivity index (χ2n) is 2.11. The third-order valence-corrected chi connectivity index (χ3v) is 1.41. The molecule has 0 amide bonds. The Balaban J connectivity index is 2.44. The molecule has 0 spiro atoms. The highest BCUT2D eigenvalue weighted by molar-refractivity contribution is 5.59. The second-order valence-corrected chi connectivity index (χ2v) is 2.11. The van der Waals surface area contributed by atoms with E-state index >= 15 is 0 Å². The van der Waals surface area contributed by atoms with Crippen LogP contribution < -0.4 is 0 Å². The van der Waals surface area contributed by atoms with Gasteiger partial charge in [-0.3, -0.25) is 9.89 Å². The quantitative estimate of drug-likeness (QED) is 0.450. The van der Waals surface area contributed by atoms with Crippen LogP contribution in [0, 0.1) is 6.67 Å². The van der Waals surface area contributed by atoms with Crippen molar-refractivity contribution in [3.05, 3.63) is 6.67 Å². The van der Waals surface area contributed by atoms with Crippen LogP contribution in [0.1, 0.15) is 13.3 Å². The van der Waals surface area contributed by atoms with Crippen LogP contribution in [0.5, 0.6) is 0 Å². The van der Waals surface area contributed by atoms with E-state index in [1.54, 1.807) is 0 Å². The van der Waals surface area contributed by atoms with Gasteiger partial charge in [0.2, 0.25) is 0 Å². The highest BCUT2D eigenvalue weighted by Crippen LogP contribution is 2.06. The van der Waals surface area contributed by atoms with Gasteiger partial charge in [-0.2, -0.15) is 0 Å². The van der Waals surface area contributed by atoms with Gasteiger partial charge in [0, 0.05) is 12.3 Å². The monoisotopic (exact) mass is 110 g/mol. The van der Waals surface area contributed by atoms with E-state index in [0.717, 1.165) is 6.42 Å². The van der Waals surface area contributed by atoms with Crippen LogP contribution >= 0.6 is 0 Å². The van der Waals surface area contributed by atoms with E-state index in [4.69, 9.17) is 0 Å². The van der Waals surface area contributed by atoms with Crippen LogP contribution in [0.4, 0.5) is 0 Å². The summed E-state index contributed by atoms with van der Waals surface area (Å²) in [5.74, 6) is 0. The molecular weight excluding hydrogens is 100 g/mol. The van der Waals surface area contributed by atoms with Crippen LogP contribution in [-0.4, -0.2) is 24.2 Å². The Kier molecular flexibility index (Phi) is 1.63. The van der Waals surface area contributed by atoms with E-state index in [1.165, 1.54) is 0 Å². The maximum absolute atomic E-state index is 3.86. The van der Waals surface area contributed by atoms with Crippen molar-refractivity contribution in [1.29, 1.82) is 0 Å². The van der Waals surface area contributed by atoms with Crippen molar-refractivity contribution in [2.45, 2.75) is 19.4 Å². The van der Waals surface area contributed by atoms with Crippen LogP contribution in [0.15, 0.2) is 4.99 Å². The molecule has 1 unspecified atom stereocenters. The van der Waals surface area contributed by atoms with E-state index in [0.29, 0.717) is 6.04 Å². The second kappa shape index (κ2) is 2.27. The molecule has 8 heavy (non-hydrogen) atoms. The van der Waals surface area contributed by atoms with Crippen molar-refractivity contribution < 1.29 is 0 Å². The van der Waals surface area contributed by atoms with E-state index in [1.807, 2.05) is 18.2 Å². The van der Waals surface area contributed by atoms with Crippen molar-refractivity contribution in [2.75, 3.05) is 7.05 Å². The minimum Gasteiger partial charge on any atom is -0.273 e. The molecule has 44 valence electrons. The third kappa shape index (κ3) is 1.07. The Morgan fingerprint density at radius 2 is 2.62 bits per heavy atom. The van der Waals surface area contributed by atoms with E-state index in [2.05, 4.69) is 18.6 Å². The van der Waals surface area contributed by atoms with Crippen molar-refractivity contribution in [2.24, 2.45) is 4.99 Å². The van der Waals surface area contributed by atoms with Crippen molar-refractivity contribution in [1.82, 2.24) is 4.90 Å². The molecule has 0 bridgehead atoms. The van der Waals surface area contributed by atoms with Crippen molar-refractivity contribution >= 4 is 6.21 Å². The first-order valence-electron chi connectivity index (χ1n) is 2.80. The van der Waals surface area contributed by atoms with E-state index in [-0.39, 0.29) is 0 Å². The summed E-state index contributed by atoms with van der Waals surface area (Å²) < 4.78 is 0. The zero-order valence-corrected chi connectivity index (χ0v) is 5.26. The van der Waals surface area contributed by atoms with Crippen LogP contribution in [-0.2, 0) is 0 Å². The van der Waals surface area contributed by atoms with Gasteiger partial charge >= 0.3 is 0 Å². The fraction of sp³-hybridized carbons (Fsp3) is 0.667. The average molecular weight is 110 g/mol. The minimum atomic E-state index is 0.576. The number of nitrogens with zero attached hydrogens (tertiary/aromatic N) is 2. The Morgan fingerprint density at radius 1 is 1.88 bits per heavy atom. The number of hydrogen-bond acceptors (Lipinski definition) is 2. The highest BCUT2D eigenvalue weighted by Gasteiger charge is 2.10. The lowest BCUT2D eigenvalue weighted by molar-refractivity contribution is 0.311. The van der Waals surface area contributed by atoms with E-state index in [9.17, 15) is 0 Å². The topological polar surface area (TPSA) is 15.6 Å². The first kappa shape index (κ1) is 5.76. The van der Waals surface area contributed by atoms with Gasteiger partial charge in [-0.25, -0.2) is 0 Å². The normalized spacial score (nSPS) is 31.0. The predicted octanol–water partition coefficient (Wildman–Crippen LogP) is 0.777. The maximum atomic E-state index is 3.86. The summed E-state index contributed by atoms with van der Waals surface area (Å²) in [6.45, 7) is 4.99. The number of hydrogen-bond donors (Lipinski definition) is 0. The predicted molar refractivity (Wildman–Crippen MR) is 33.6 cm³/mol. The molecule has 1 rings (SSSR count). The van der Waals surface area contributed by atoms with Gasteiger partial charge in [0.15, 0.2) is 6.67 Å². The summed E-state index contributed by atoms with van der Waals surface area (Å²) in [5, 5.41) is 0. The van der Waals surface area contributed by atoms with Gasteiger partial charge in [0.25, 0.3) is 0 Å². The summed E-state index contributed by atoms with van der Waals surface area (Å²) >= 11 is 0. The Labute approximate surface area is 50.2 Å². The highest BCUT2D eigenvalue weighted by atomic mass is 15.2. The lowest BCUT2D eigenvalue weighted by Gasteiger charge is -2.22. The molecule has 1 aliphatic heterocycles. The average Bonchev–Trinajstić information content (AvgIpc) is 1.77. The minimum absolute atomic E-state index is 0.576. The van der Waals surface area contributed by atoms with Gasteiger partial charge in [0.05, 0.1) is 0 Å². The molecule has 0 aliphatic carbocycles. The summed E-state index contributed by atoms with van der Waals surface area (Å²) in [5.41, 5.74) is 0. The number of aliphatic imine (C=N–C) groups is 1. The molecule has 0 aromatic heterocycles. The smallest absolute Gasteiger partial charge is 0.198 e. The van der Waals surface area contributed by atoms with Gasteiger partial charge in [-0.1, -0.05) is 0 Å². The first-order valence-corrected chi connectivity index (χ1v) is 2.80. The fourth-order valence-corrected chi connectivity index (χ4v) is 0.594. The summed E-state index contributed by atoms with van der Waals surface area (Å²) in [6.07, 6.45) is 2.94. The zero-order chi connectivity index (χ0) is 5.98. The molecule has 1 aliphatic rings. The number of rotatable bonds is 0. The molecule has 2 radical (unpaired) electrons. The first-order chi connectivity index (χ1) is 3.80. The Bertz CT molecular complexity index is 86.7. The van der Waals surface area contributed by atoms with Crippen LogP contribution in [0.25, 0.3) is 0 Å². The van der Waals surface area contributed by atoms with Gasteiger partial charge < -0.3 is 0 Å². The molecule has 0 aromatic carbocycles. The largest absolute Gasteiger partial charge is 0.273 e. The molecule has 0 fully saturated rings. The molecule has 0 saturated carbocycles. The van der Waals surface area contributed by atoms with Gasteiger partial charge in [-0.15, -0.1) is 0 Å². The van der Waals surface area contributed by atoms with Crippen LogP contribution in [0.3, 0.4) is 0 Å². The molecule has 1 atom stereocenters. The lowest BCUT2D eigenvalue weighted by Crippen LogP contribution is -2.29. The molecule has 1 heterocycles. The maximum Gasteiger partial charge on any atom is 0.198 e. The van der Waals surface area contributed by atoms with Gasteiger partial charge in [0.1, 0.15) is 0 Å². The molecule has 0 saturated heterocycles. The molecule has 2 heteroatoms. The molecule has 0 aromatic rings. The molecule has 2 nitrogen and oxygen atoms in total. The van der Waals surface area contributed by atoms with Crippen molar-refractivity contribution in [3.63, 3.8) is 0 Å². The van der Waals surface area contributed by atoms with E-state index < -0.39 is 0 Å².